The molecule has 0 amide bonds. The molecule has 0 aromatic carbocycles. The molecule has 0 bridgehead atoms. The summed E-state index contributed by atoms with van der Waals surface area (Å²) in [4.78, 5) is 10.1. The Morgan fingerprint density at radius 2 is 1.69 bits per heavy atom. The molecule has 0 unspecified atom stereocenters. The third kappa shape index (κ3) is 23.3. The van der Waals surface area contributed by atoms with Gasteiger partial charge in [0.15, 0.2) is 0 Å². The molecule has 4 nitrogen and oxygen atoms in total. The molecule has 0 aromatic rings. The van der Waals surface area contributed by atoms with Crippen molar-refractivity contribution in [2.45, 2.75) is 51.9 Å². The van der Waals surface area contributed by atoms with E-state index < -0.39 is 5.97 Å². The summed E-state index contributed by atoms with van der Waals surface area (Å²) < 4.78 is 0. The average Bonchev–Trinajstić information content (AvgIpc) is 2.25. The maximum atomic E-state index is 10.1. The molecule has 0 radical (unpaired) electrons. The van der Waals surface area contributed by atoms with Crippen LogP contribution in [0.3, 0.4) is 0 Å². The Morgan fingerprint density at radius 3 is 2.06 bits per heavy atom. The summed E-state index contributed by atoms with van der Waals surface area (Å²) in [6.45, 7) is 3.10. The van der Waals surface area contributed by atoms with Crippen molar-refractivity contribution < 1.29 is 15.0 Å². The second-order valence-electron chi connectivity index (χ2n) is 3.74. The highest BCUT2D eigenvalue weighted by molar-refractivity contribution is 5.66. The fraction of sp³-hybridized carbons (Fsp3) is 0.917. The summed E-state index contributed by atoms with van der Waals surface area (Å²) in [5.74, 6) is -0.666. The van der Waals surface area contributed by atoms with Crippen molar-refractivity contribution in [1.82, 2.24) is 5.32 Å². The van der Waals surface area contributed by atoms with Crippen LogP contribution in [0.4, 0.5) is 0 Å². The zero-order chi connectivity index (χ0) is 12.6. The predicted octanol–water partition coefficient (Wildman–Crippen LogP) is 2.02. The summed E-state index contributed by atoms with van der Waals surface area (Å²) in [5, 5.41) is 19.1. The van der Waals surface area contributed by atoms with Gasteiger partial charge in [-0.25, -0.2) is 0 Å². The maximum absolute atomic E-state index is 10.1. The van der Waals surface area contributed by atoms with Crippen LogP contribution in [-0.4, -0.2) is 36.4 Å². The van der Waals surface area contributed by atoms with Crippen LogP contribution in [0.25, 0.3) is 0 Å². The SMILES string of the molecule is CCCCCCCCC(=O)O.CNCCO. The molecule has 0 heterocycles. The quantitative estimate of drug-likeness (QED) is 0.533. The van der Waals surface area contributed by atoms with Gasteiger partial charge in [0, 0.05) is 13.0 Å². The van der Waals surface area contributed by atoms with E-state index in [-0.39, 0.29) is 6.61 Å². The van der Waals surface area contributed by atoms with Crippen LogP contribution in [0.1, 0.15) is 51.9 Å². The lowest BCUT2D eigenvalue weighted by atomic mass is 10.1. The number of carboxylic acid groups (broad SMARTS) is 1. The molecule has 0 aliphatic carbocycles. The Labute approximate surface area is 99.1 Å². The summed E-state index contributed by atoms with van der Waals surface area (Å²) in [6.07, 6.45) is 7.25. The number of aliphatic hydroxyl groups excluding tert-OH is 1. The Balaban J connectivity index is 0. The van der Waals surface area contributed by atoms with E-state index in [0.717, 1.165) is 12.8 Å². The number of likely N-dealkylation sites (N-methyl/N-ethyl adjacent to an activating group) is 1. The van der Waals surface area contributed by atoms with Crippen LogP contribution in [-0.2, 0) is 4.79 Å². The van der Waals surface area contributed by atoms with E-state index in [1.54, 1.807) is 7.05 Å². The number of nitrogens with one attached hydrogen (secondary N) is 1. The van der Waals surface area contributed by atoms with Crippen LogP contribution < -0.4 is 5.32 Å². The van der Waals surface area contributed by atoms with Gasteiger partial charge in [-0.1, -0.05) is 39.0 Å². The molecule has 98 valence electrons. The minimum absolute atomic E-state index is 0.233. The third-order valence-corrected chi connectivity index (χ3v) is 2.11. The first kappa shape index (κ1) is 17.8. The third-order valence-electron chi connectivity index (χ3n) is 2.11. The van der Waals surface area contributed by atoms with Gasteiger partial charge in [-0.05, 0) is 13.5 Å². The van der Waals surface area contributed by atoms with E-state index in [0.29, 0.717) is 13.0 Å². The molecule has 0 saturated heterocycles. The highest BCUT2D eigenvalue weighted by Crippen LogP contribution is 2.06. The minimum atomic E-state index is -0.666. The molecule has 0 aliphatic heterocycles. The van der Waals surface area contributed by atoms with E-state index in [4.69, 9.17) is 10.2 Å². The van der Waals surface area contributed by atoms with Crippen molar-refractivity contribution in [3.63, 3.8) is 0 Å². The summed E-state index contributed by atoms with van der Waals surface area (Å²) in [7, 11) is 1.80. The van der Waals surface area contributed by atoms with Crippen LogP contribution in [0.5, 0.6) is 0 Å². The topological polar surface area (TPSA) is 69.6 Å². The van der Waals surface area contributed by atoms with Gasteiger partial charge in [0.05, 0.1) is 6.61 Å². The van der Waals surface area contributed by atoms with Crippen molar-refractivity contribution in [1.29, 1.82) is 0 Å². The van der Waals surface area contributed by atoms with E-state index in [9.17, 15) is 4.79 Å². The molecular formula is C12H27NO3. The second-order valence-corrected chi connectivity index (χ2v) is 3.74. The van der Waals surface area contributed by atoms with E-state index in [1.807, 2.05) is 0 Å². The van der Waals surface area contributed by atoms with Gasteiger partial charge >= 0.3 is 5.97 Å². The summed E-state index contributed by atoms with van der Waals surface area (Å²) >= 11 is 0. The van der Waals surface area contributed by atoms with Crippen molar-refractivity contribution in [3.05, 3.63) is 0 Å². The molecule has 0 saturated carbocycles. The molecule has 4 heteroatoms. The lowest BCUT2D eigenvalue weighted by Crippen LogP contribution is -2.10. The molecule has 16 heavy (non-hydrogen) atoms. The van der Waals surface area contributed by atoms with E-state index >= 15 is 0 Å². The van der Waals surface area contributed by atoms with E-state index in [2.05, 4.69) is 12.2 Å². The second kappa shape index (κ2) is 16.8. The molecule has 0 rings (SSSR count). The molecule has 0 aliphatic rings. The normalized spacial score (nSPS) is 9.44. The smallest absolute Gasteiger partial charge is 0.303 e. The lowest BCUT2D eigenvalue weighted by Gasteiger charge is -1.97. The monoisotopic (exact) mass is 233 g/mol. The molecule has 0 atom stereocenters. The number of hydrogen-bond donors (Lipinski definition) is 3. The average molecular weight is 233 g/mol. The Morgan fingerprint density at radius 1 is 1.12 bits per heavy atom. The van der Waals surface area contributed by atoms with Crippen LogP contribution in [0.15, 0.2) is 0 Å². The van der Waals surface area contributed by atoms with E-state index in [1.165, 1.54) is 25.7 Å². The Hall–Kier alpha value is -0.610. The number of unbranched alkanes of at least 4 members (excludes halogenated alkanes) is 5. The van der Waals surface area contributed by atoms with Crippen LogP contribution in [0.2, 0.25) is 0 Å². The van der Waals surface area contributed by atoms with Crippen molar-refractivity contribution in [3.8, 4) is 0 Å². The zero-order valence-corrected chi connectivity index (χ0v) is 10.7. The number of aliphatic carboxylic acids is 1. The van der Waals surface area contributed by atoms with Gasteiger partial charge in [0.2, 0.25) is 0 Å². The first-order valence-corrected chi connectivity index (χ1v) is 6.16. The van der Waals surface area contributed by atoms with Gasteiger partial charge in [0.25, 0.3) is 0 Å². The van der Waals surface area contributed by atoms with Crippen molar-refractivity contribution in [2.75, 3.05) is 20.2 Å². The van der Waals surface area contributed by atoms with Gasteiger partial charge in [-0.3, -0.25) is 4.79 Å². The fourth-order valence-electron chi connectivity index (χ4n) is 1.17. The Bertz CT molecular complexity index is 138. The number of hydrogen-bond acceptors (Lipinski definition) is 3. The molecule has 3 N–H and O–H groups in total. The number of rotatable bonds is 9. The first-order valence-electron chi connectivity index (χ1n) is 6.16. The minimum Gasteiger partial charge on any atom is -0.481 e. The zero-order valence-electron chi connectivity index (χ0n) is 10.7. The predicted molar refractivity (Wildman–Crippen MR) is 66.6 cm³/mol. The Kier molecular flexibility index (Phi) is 18.7. The molecule has 0 aromatic heterocycles. The lowest BCUT2D eigenvalue weighted by molar-refractivity contribution is -0.137. The standard InChI is InChI=1S/C9H18O2.C3H9NO/c1-2-3-4-5-6-7-8-9(10)11;1-4-2-3-5/h2-8H2,1H3,(H,10,11);4-5H,2-3H2,1H3. The van der Waals surface area contributed by atoms with Crippen LogP contribution in [0, 0.1) is 0 Å². The highest BCUT2D eigenvalue weighted by Gasteiger charge is 1.95. The number of carboxylic acids is 1. The summed E-state index contributed by atoms with van der Waals surface area (Å²) in [5.41, 5.74) is 0. The molecule has 0 fully saturated rings. The highest BCUT2D eigenvalue weighted by atomic mass is 16.4. The molecular weight excluding hydrogens is 206 g/mol. The molecule has 0 spiro atoms. The van der Waals surface area contributed by atoms with Gasteiger partial charge in [-0.15, -0.1) is 0 Å². The largest absolute Gasteiger partial charge is 0.481 e. The van der Waals surface area contributed by atoms with Crippen molar-refractivity contribution >= 4 is 5.97 Å². The van der Waals surface area contributed by atoms with Gasteiger partial charge in [0.1, 0.15) is 0 Å². The van der Waals surface area contributed by atoms with Gasteiger partial charge in [-0.2, -0.15) is 0 Å². The fourth-order valence-corrected chi connectivity index (χ4v) is 1.17. The number of aliphatic hydroxyl groups is 1. The first-order chi connectivity index (χ1) is 7.68. The van der Waals surface area contributed by atoms with Crippen molar-refractivity contribution in [2.24, 2.45) is 0 Å². The number of carbonyl (C=O) groups is 1. The van der Waals surface area contributed by atoms with Gasteiger partial charge < -0.3 is 15.5 Å². The van der Waals surface area contributed by atoms with Crippen LogP contribution >= 0.6 is 0 Å². The maximum Gasteiger partial charge on any atom is 0.303 e. The summed E-state index contributed by atoms with van der Waals surface area (Å²) in [6, 6.07) is 0.